The second-order valence-corrected chi connectivity index (χ2v) is 7.45. The second kappa shape index (κ2) is 6.75. The molecule has 0 radical (unpaired) electrons. The van der Waals surface area contributed by atoms with Gasteiger partial charge in [0.2, 0.25) is 5.91 Å². The van der Waals surface area contributed by atoms with Crippen LogP contribution < -0.4 is 5.32 Å². The topological polar surface area (TPSA) is 66.5 Å². The lowest BCUT2D eigenvalue weighted by molar-refractivity contribution is -0.126. The van der Waals surface area contributed by atoms with Gasteiger partial charge in [0.25, 0.3) is 5.91 Å². The number of hydrogen-bond acceptors (Lipinski definition) is 3. The van der Waals surface area contributed by atoms with E-state index in [1.54, 1.807) is 48.5 Å². The molecule has 5 nitrogen and oxygen atoms in total. The van der Waals surface area contributed by atoms with Gasteiger partial charge >= 0.3 is 0 Å². The van der Waals surface area contributed by atoms with E-state index in [0.29, 0.717) is 16.7 Å². The molecule has 26 heavy (non-hydrogen) atoms. The lowest BCUT2D eigenvalue weighted by Gasteiger charge is -2.28. The third-order valence-corrected chi connectivity index (χ3v) is 4.21. The molecule has 0 aliphatic carbocycles. The zero-order valence-electron chi connectivity index (χ0n) is 15.2. The average Bonchev–Trinajstić information content (AvgIpc) is 2.87. The first kappa shape index (κ1) is 17.9. The molecule has 134 valence electrons. The highest BCUT2D eigenvalue weighted by Crippen LogP contribution is 2.34. The minimum atomic E-state index is -0.800. The summed E-state index contributed by atoms with van der Waals surface area (Å²) in [5, 5.41) is 2.92. The lowest BCUT2D eigenvalue weighted by Crippen LogP contribution is -2.47. The minimum absolute atomic E-state index is 0.139. The minimum Gasteiger partial charge on any atom is -0.349 e. The second-order valence-electron chi connectivity index (χ2n) is 7.45. The van der Waals surface area contributed by atoms with Crippen LogP contribution in [-0.4, -0.2) is 34.6 Å². The summed E-state index contributed by atoms with van der Waals surface area (Å²) in [4.78, 5) is 39.7. The fraction of sp³-hybridized carbons (Fsp3) is 0.286. The number of carbonyl (C=O) groups excluding carboxylic acids is 3. The number of Topliss-reactive ketones (excluding diaryl/α,β-unsaturated/α-hetero) is 1. The molecule has 0 fully saturated rings. The van der Waals surface area contributed by atoms with E-state index in [2.05, 4.69) is 5.32 Å². The van der Waals surface area contributed by atoms with Crippen molar-refractivity contribution in [1.29, 1.82) is 0 Å². The van der Waals surface area contributed by atoms with Crippen LogP contribution in [0.1, 0.15) is 53.1 Å². The van der Waals surface area contributed by atoms with Crippen molar-refractivity contribution in [2.24, 2.45) is 0 Å². The van der Waals surface area contributed by atoms with Gasteiger partial charge in [0.15, 0.2) is 5.78 Å². The van der Waals surface area contributed by atoms with Gasteiger partial charge in [-0.15, -0.1) is 0 Å². The molecule has 2 amide bonds. The van der Waals surface area contributed by atoms with Crippen LogP contribution in [0, 0.1) is 0 Å². The van der Waals surface area contributed by atoms with Crippen molar-refractivity contribution in [3.8, 4) is 0 Å². The van der Waals surface area contributed by atoms with Crippen LogP contribution in [0.15, 0.2) is 54.6 Å². The van der Waals surface area contributed by atoms with Gasteiger partial charge in [-0.05, 0) is 32.4 Å². The lowest BCUT2D eigenvalue weighted by atomic mass is 10.0. The number of hydrogen-bond donors (Lipinski definition) is 1. The third kappa shape index (κ3) is 3.52. The Bertz CT molecular complexity index is 853. The number of benzene rings is 2. The largest absolute Gasteiger partial charge is 0.349 e. The van der Waals surface area contributed by atoms with Gasteiger partial charge in [0.05, 0.1) is 6.54 Å². The van der Waals surface area contributed by atoms with Crippen LogP contribution in [0.2, 0.25) is 0 Å². The monoisotopic (exact) mass is 350 g/mol. The molecule has 0 aromatic heterocycles. The number of rotatable bonds is 4. The van der Waals surface area contributed by atoms with E-state index in [4.69, 9.17) is 0 Å². The first-order chi connectivity index (χ1) is 12.3. The Morgan fingerprint density at radius 3 is 2.27 bits per heavy atom. The molecule has 1 aliphatic heterocycles. The summed E-state index contributed by atoms with van der Waals surface area (Å²) in [5.41, 5.74) is 1.20. The molecule has 3 rings (SSSR count). The summed E-state index contributed by atoms with van der Waals surface area (Å²) >= 11 is 0. The third-order valence-electron chi connectivity index (χ3n) is 4.21. The average molecular weight is 350 g/mol. The maximum atomic E-state index is 12.9. The van der Waals surface area contributed by atoms with E-state index in [-0.39, 0.29) is 24.1 Å². The molecule has 0 saturated carbocycles. The van der Waals surface area contributed by atoms with Crippen LogP contribution in [0.4, 0.5) is 0 Å². The van der Waals surface area contributed by atoms with Crippen molar-refractivity contribution in [2.45, 2.75) is 32.4 Å². The molecule has 1 heterocycles. The number of ketones is 1. The Morgan fingerprint density at radius 2 is 1.62 bits per heavy atom. The first-order valence-electron chi connectivity index (χ1n) is 8.58. The Hall–Kier alpha value is -2.95. The SMILES string of the molecule is CC(C)(C)NC(=O)C1c2ccccc2C(=O)N1CC(=O)c1ccccc1. The number of nitrogens with one attached hydrogen (secondary N) is 1. The molecule has 2 aromatic carbocycles. The summed E-state index contributed by atoms with van der Waals surface area (Å²) in [6.07, 6.45) is 0. The molecule has 1 atom stereocenters. The Balaban J connectivity index is 1.93. The normalized spacial score (nSPS) is 16.3. The van der Waals surface area contributed by atoms with Crippen LogP contribution in [0.25, 0.3) is 0 Å². The fourth-order valence-corrected chi connectivity index (χ4v) is 3.12. The van der Waals surface area contributed by atoms with E-state index in [0.717, 1.165) is 0 Å². The van der Waals surface area contributed by atoms with Crippen LogP contribution in [0.3, 0.4) is 0 Å². The summed E-state index contributed by atoms with van der Waals surface area (Å²) in [7, 11) is 0. The van der Waals surface area contributed by atoms with Crippen LogP contribution >= 0.6 is 0 Å². The Morgan fingerprint density at radius 1 is 1.00 bits per heavy atom. The predicted octanol–water partition coefficient (Wildman–Crippen LogP) is 2.98. The summed E-state index contributed by atoms with van der Waals surface area (Å²) < 4.78 is 0. The van der Waals surface area contributed by atoms with E-state index in [1.807, 2.05) is 26.8 Å². The molecule has 0 saturated heterocycles. The smallest absolute Gasteiger partial charge is 0.255 e. The molecule has 1 N–H and O–H groups in total. The van der Waals surface area contributed by atoms with Crippen molar-refractivity contribution >= 4 is 17.6 Å². The number of carbonyl (C=O) groups is 3. The predicted molar refractivity (Wildman–Crippen MR) is 98.9 cm³/mol. The molecule has 0 bridgehead atoms. The number of amides is 2. The molecule has 1 unspecified atom stereocenters. The van der Waals surface area contributed by atoms with Crippen molar-refractivity contribution in [2.75, 3.05) is 6.54 Å². The highest BCUT2D eigenvalue weighted by molar-refractivity contribution is 6.08. The van der Waals surface area contributed by atoms with Crippen molar-refractivity contribution in [3.63, 3.8) is 0 Å². The number of fused-ring (bicyclic) bond motifs is 1. The molecule has 0 spiro atoms. The summed E-state index contributed by atoms with van der Waals surface area (Å²) in [6.45, 7) is 5.51. The molecule has 1 aliphatic rings. The summed E-state index contributed by atoms with van der Waals surface area (Å²) in [6, 6.07) is 15.0. The van der Waals surface area contributed by atoms with Crippen molar-refractivity contribution < 1.29 is 14.4 Å². The fourth-order valence-electron chi connectivity index (χ4n) is 3.12. The molecular formula is C21H22N2O3. The van der Waals surface area contributed by atoms with Gasteiger partial charge in [-0.3, -0.25) is 14.4 Å². The first-order valence-corrected chi connectivity index (χ1v) is 8.58. The van der Waals surface area contributed by atoms with Gasteiger partial charge < -0.3 is 10.2 Å². The number of nitrogens with zero attached hydrogens (tertiary/aromatic N) is 1. The van der Waals surface area contributed by atoms with Crippen molar-refractivity contribution in [1.82, 2.24) is 10.2 Å². The maximum absolute atomic E-state index is 12.9. The Labute approximate surface area is 153 Å². The molecular weight excluding hydrogens is 328 g/mol. The van der Waals surface area contributed by atoms with Gasteiger partial charge in [0, 0.05) is 16.7 Å². The highest BCUT2D eigenvalue weighted by atomic mass is 16.2. The van der Waals surface area contributed by atoms with E-state index < -0.39 is 11.6 Å². The summed E-state index contributed by atoms with van der Waals surface area (Å²) in [5.74, 6) is -0.768. The zero-order valence-corrected chi connectivity index (χ0v) is 15.2. The van der Waals surface area contributed by atoms with Gasteiger partial charge in [-0.1, -0.05) is 48.5 Å². The van der Waals surface area contributed by atoms with E-state index in [1.165, 1.54) is 4.90 Å². The van der Waals surface area contributed by atoms with E-state index in [9.17, 15) is 14.4 Å². The van der Waals surface area contributed by atoms with Crippen LogP contribution in [0.5, 0.6) is 0 Å². The van der Waals surface area contributed by atoms with Crippen LogP contribution in [-0.2, 0) is 4.79 Å². The van der Waals surface area contributed by atoms with Gasteiger partial charge in [-0.25, -0.2) is 0 Å². The van der Waals surface area contributed by atoms with Gasteiger partial charge in [-0.2, -0.15) is 0 Å². The van der Waals surface area contributed by atoms with Gasteiger partial charge in [0.1, 0.15) is 6.04 Å². The Kier molecular flexibility index (Phi) is 4.64. The quantitative estimate of drug-likeness (QED) is 0.862. The van der Waals surface area contributed by atoms with E-state index >= 15 is 0 Å². The maximum Gasteiger partial charge on any atom is 0.255 e. The standard InChI is InChI=1S/C21H22N2O3/c1-21(2,3)22-19(25)18-15-11-7-8-12-16(15)20(26)23(18)13-17(24)14-9-5-4-6-10-14/h4-12,18H,13H2,1-3H3,(H,22,25). The van der Waals surface area contributed by atoms with Crippen molar-refractivity contribution in [3.05, 3.63) is 71.3 Å². The molecule has 2 aromatic rings. The highest BCUT2D eigenvalue weighted by Gasteiger charge is 2.42. The zero-order chi connectivity index (χ0) is 18.9. The molecule has 5 heteroatoms.